The number of hydrazone groups is 1. The summed E-state index contributed by atoms with van der Waals surface area (Å²) >= 11 is 0. The molecule has 4 rings (SSSR count). The van der Waals surface area contributed by atoms with Gasteiger partial charge in [-0.15, -0.1) is 0 Å². The van der Waals surface area contributed by atoms with Gasteiger partial charge in [0.15, 0.2) is 0 Å². The van der Waals surface area contributed by atoms with Gasteiger partial charge in [0.25, 0.3) is 0 Å². The fraction of sp³-hybridized carbons (Fsp3) is 0.200. The largest absolute Gasteiger partial charge is 0.366 e. The van der Waals surface area contributed by atoms with Crippen molar-refractivity contribution in [3.05, 3.63) is 42.0 Å². The molecule has 1 aliphatic heterocycles. The first kappa shape index (κ1) is 18.5. The Bertz CT molecular complexity index is 1120. The van der Waals surface area contributed by atoms with Crippen molar-refractivity contribution in [1.29, 1.82) is 0 Å². The fourth-order valence-electron chi connectivity index (χ4n) is 3.27. The number of fused-ring (bicyclic) bond motifs is 1. The summed E-state index contributed by atoms with van der Waals surface area (Å²) in [5, 5.41) is 11.7. The highest BCUT2D eigenvalue weighted by Crippen LogP contribution is 2.34. The molecule has 0 fully saturated rings. The first-order chi connectivity index (χ1) is 14.0. The molecule has 0 radical (unpaired) electrons. The van der Waals surface area contributed by atoms with Gasteiger partial charge in [0.05, 0.1) is 16.7 Å². The predicted octanol–water partition coefficient (Wildman–Crippen LogP) is 2.67. The number of carbonyl (C=O) groups excluding carboxylic acids is 2. The Labute approximate surface area is 167 Å². The van der Waals surface area contributed by atoms with E-state index in [-0.39, 0.29) is 6.03 Å². The minimum absolute atomic E-state index is 0.332. The second-order valence-corrected chi connectivity index (χ2v) is 6.61. The number of hydrogen-bond acceptors (Lipinski definition) is 5. The van der Waals surface area contributed by atoms with E-state index in [0.29, 0.717) is 23.6 Å². The zero-order chi connectivity index (χ0) is 20.4. The van der Waals surface area contributed by atoms with Crippen LogP contribution in [0.2, 0.25) is 0 Å². The average molecular weight is 391 g/mol. The lowest BCUT2D eigenvalue weighted by atomic mass is 10.0. The highest BCUT2D eigenvalue weighted by Gasteiger charge is 2.18. The molecule has 2 heterocycles. The topological polar surface area (TPSA) is 128 Å². The average Bonchev–Trinajstić information content (AvgIpc) is 3.37. The Morgan fingerprint density at radius 2 is 2.10 bits per heavy atom. The second-order valence-electron chi connectivity index (χ2n) is 6.61. The van der Waals surface area contributed by atoms with Crippen LogP contribution in [-0.2, 0) is 0 Å². The number of benzene rings is 2. The summed E-state index contributed by atoms with van der Waals surface area (Å²) in [6, 6.07) is 10.7. The van der Waals surface area contributed by atoms with Gasteiger partial charge in [-0.25, -0.2) is 9.78 Å². The molecule has 0 aliphatic carbocycles. The molecular weight excluding hydrogens is 370 g/mol. The Morgan fingerprint density at radius 3 is 2.83 bits per heavy atom. The van der Waals surface area contributed by atoms with Crippen molar-refractivity contribution in [2.75, 3.05) is 23.4 Å². The van der Waals surface area contributed by atoms with Crippen molar-refractivity contribution in [2.24, 2.45) is 10.8 Å². The number of imidazole rings is 1. The monoisotopic (exact) mass is 391 g/mol. The molecule has 3 aromatic rings. The number of carbonyl (C=O) groups is 2. The number of rotatable bonds is 5. The maximum atomic E-state index is 11.9. The molecule has 9 heteroatoms. The second kappa shape index (κ2) is 7.63. The lowest BCUT2D eigenvalue weighted by molar-refractivity contribution is 0.100. The quantitative estimate of drug-likeness (QED) is 0.533. The molecule has 0 saturated carbocycles. The van der Waals surface area contributed by atoms with Crippen LogP contribution in [0.15, 0.2) is 41.5 Å². The molecule has 3 amide bonds. The van der Waals surface area contributed by atoms with E-state index >= 15 is 0 Å². The number of H-pyrrole nitrogens is 1. The number of aromatic amines is 1. The van der Waals surface area contributed by atoms with Gasteiger partial charge in [0.1, 0.15) is 0 Å². The summed E-state index contributed by atoms with van der Waals surface area (Å²) < 4.78 is 0. The maximum absolute atomic E-state index is 11.9. The van der Waals surface area contributed by atoms with Gasteiger partial charge >= 0.3 is 6.03 Å². The Balaban J connectivity index is 1.81. The van der Waals surface area contributed by atoms with Gasteiger partial charge in [0, 0.05) is 31.3 Å². The molecule has 1 aromatic heterocycles. The smallest absolute Gasteiger partial charge is 0.321 e. The van der Waals surface area contributed by atoms with E-state index in [9.17, 15) is 9.59 Å². The normalized spacial score (nSPS) is 13.1. The fourth-order valence-corrected chi connectivity index (χ4v) is 3.27. The summed E-state index contributed by atoms with van der Waals surface area (Å²) in [4.78, 5) is 31.1. The zero-order valence-corrected chi connectivity index (χ0v) is 15.9. The molecule has 0 unspecified atom stereocenters. The van der Waals surface area contributed by atoms with E-state index in [1.807, 2.05) is 36.3 Å². The number of anilines is 2. The van der Waals surface area contributed by atoms with Crippen LogP contribution in [0.3, 0.4) is 0 Å². The number of amides is 3. The summed E-state index contributed by atoms with van der Waals surface area (Å²) in [6.07, 6.45) is 2.71. The standard InChI is InChI=1S/C20H21N7O2/c1-2-22-20(29)26-19-24-15-10-14(12-5-3-6-13(9-12)18(21)28)11-16(17(15)25-19)27-8-4-7-23-27/h3,5-7,9-11H,2,4,8H2,1H3,(H2,21,28)(H3,22,24,25,26,29). The van der Waals surface area contributed by atoms with Gasteiger partial charge in [-0.05, 0) is 42.3 Å². The highest BCUT2D eigenvalue weighted by atomic mass is 16.2. The molecule has 9 nitrogen and oxygen atoms in total. The number of hydrogen-bond donors (Lipinski definition) is 4. The van der Waals surface area contributed by atoms with Crippen molar-refractivity contribution < 1.29 is 9.59 Å². The Hall–Kier alpha value is -3.88. The number of nitrogens with one attached hydrogen (secondary N) is 3. The molecule has 0 spiro atoms. The summed E-state index contributed by atoms with van der Waals surface area (Å²) in [6.45, 7) is 3.10. The summed E-state index contributed by atoms with van der Waals surface area (Å²) in [5.74, 6) is -0.135. The third-order valence-corrected chi connectivity index (χ3v) is 4.59. The number of urea groups is 1. The van der Waals surface area contributed by atoms with Crippen LogP contribution in [0.5, 0.6) is 0 Å². The highest BCUT2D eigenvalue weighted by molar-refractivity contribution is 5.98. The zero-order valence-electron chi connectivity index (χ0n) is 15.9. The maximum Gasteiger partial charge on any atom is 0.321 e. The molecule has 5 N–H and O–H groups in total. The molecule has 2 aromatic carbocycles. The van der Waals surface area contributed by atoms with Crippen LogP contribution in [-0.4, -0.2) is 41.2 Å². The van der Waals surface area contributed by atoms with Crippen molar-refractivity contribution in [3.63, 3.8) is 0 Å². The van der Waals surface area contributed by atoms with Crippen molar-refractivity contribution in [3.8, 4) is 11.1 Å². The van der Waals surface area contributed by atoms with Crippen LogP contribution in [0.4, 0.5) is 16.4 Å². The van der Waals surface area contributed by atoms with Gasteiger partial charge in [0.2, 0.25) is 11.9 Å². The lowest BCUT2D eigenvalue weighted by Crippen LogP contribution is -2.28. The third-order valence-electron chi connectivity index (χ3n) is 4.59. The van der Waals surface area contributed by atoms with Crippen LogP contribution >= 0.6 is 0 Å². The van der Waals surface area contributed by atoms with Crippen molar-refractivity contribution in [1.82, 2.24) is 15.3 Å². The minimum atomic E-state index is -0.481. The predicted molar refractivity (Wildman–Crippen MR) is 113 cm³/mol. The Morgan fingerprint density at radius 1 is 1.24 bits per heavy atom. The number of nitrogens with zero attached hydrogens (tertiary/aromatic N) is 3. The third kappa shape index (κ3) is 3.75. The van der Waals surface area contributed by atoms with Crippen LogP contribution < -0.4 is 21.4 Å². The molecule has 0 atom stereocenters. The minimum Gasteiger partial charge on any atom is -0.366 e. The Kier molecular flexibility index (Phi) is 4.86. The number of nitrogens with two attached hydrogens (primary N) is 1. The van der Waals surface area contributed by atoms with Crippen molar-refractivity contribution >= 4 is 40.8 Å². The summed E-state index contributed by atoms with van der Waals surface area (Å²) in [7, 11) is 0. The van der Waals surface area contributed by atoms with E-state index in [0.717, 1.165) is 35.3 Å². The number of primary amides is 1. The first-order valence-corrected chi connectivity index (χ1v) is 9.34. The van der Waals surface area contributed by atoms with E-state index in [1.54, 1.807) is 18.2 Å². The van der Waals surface area contributed by atoms with Crippen molar-refractivity contribution in [2.45, 2.75) is 13.3 Å². The van der Waals surface area contributed by atoms with E-state index in [1.165, 1.54) is 0 Å². The SMILES string of the molecule is CCNC(=O)Nc1nc2cc(-c3cccc(C(N)=O)c3)cc(N3CCC=N3)c2[nH]1. The first-order valence-electron chi connectivity index (χ1n) is 9.34. The molecule has 0 bridgehead atoms. The van der Waals surface area contributed by atoms with E-state index in [4.69, 9.17) is 5.73 Å². The lowest BCUT2D eigenvalue weighted by Gasteiger charge is -2.16. The molecule has 29 heavy (non-hydrogen) atoms. The molecule has 1 aliphatic rings. The molecule has 0 saturated heterocycles. The summed E-state index contributed by atoms with van der Waals surface area (Å²) in [5.41, 5.74) is 9.86. The van der Waals surface area contributed by atoms with E-state index in [2.05, 4.69) is 25.7 Å². The van der Waals surface area contributed by atoms with Crippen LogP contribution in [0.1, 0.15) is 23.7 Å². The van der Waals surface area contributed by atoms with E-state index < -0.39 is 5.91 Å². The van der Waals surface area contributed by atoms with Gasteiger partial charge in [-0.1, -0.05) is 12.1 Å². The van der Waals surface area contributed by atoms with Gasteiger partial charge in [-0.3, -0.25) is 15.1 Å². The van der Waals surface area contributed by atoms with Gasteiger partial charge < -0.3 is 16.0 Å². The van der Waals surface area contributed by atoms with Crippen LogP contribution in [0, 0.1) is 0 Å². The van der Waals surface area contributed by atoms with Gasteiger partial charge in [-0.2, -0.15) is 5.10 Å². The number of aromatic nitrogens is 2. The van der Waals surface area contributed by atoms with Crippen LogP contribution in [0.25, 0.3) is 22.2 Å². The molecular formula is C20H21N7O2. The molecule has 148 valence electrons.